The van der Waals surface area contributed by atoms with Gasteiger partial charge in [0.15, 0.2) is 0 Å². The molecule has 1 heterocycles. The van der Waals surface area contributed by atoms with Gasteiger partial charge in [-0.3, -0.25) is 4.79 Å². The van der Waals surface area contributed by atoms with Crippen molar-refractivity contribution in [3.8, 4) is 23.0 Å². The number of hydrogen-bond donors (Lipinski definition) is 0. The first-order valence-electron chi connectivity index (χ1n) is 11.9. The largest absolute Gasteiger partial charge is 0.497 e. The van der Waals surface area contributed by atoms with Gasteiger partial charge in [0.25, 0.3) is 0 Å². The Balaban J connectivity index is 1.65. The van der Waals surface area contributed by atoms with Gasteiger partial charge in [-0.15, -0.1) is 6.58 Å². The van der Waals surface area contributed by atoms with E-state index in [0.717, 1.165) is 27.3 Å². The SMILES string of the molecule is C=C[C@@H]1c2c(cc(OCc3ccc(OC)cc3)cc2OCc2ccc(OC)cc2)CCN1C(=O)C(F)(F)F. The molecule has 0 bridgehead atoms. The van der Waals surface area contributed by atoms with Crippen LogP contribution in [-0.2, 0) is 24.4 Å². The van der Waals surface area contributed by atoms with Crippen LogP contribution in [0.2, 0.25) is 0 Å². The monoisotopic (exact) mass is 527 g/mol. The van der Waals surface area contributed by atoms with Gasteiger partial charge in [0.2, 0.25) is 0 Å². The maximum atomic E-state index is 13.3. The summed E-state index contributed by atoms with van der Waals surface area (Å²) >= 11 is 0. The van der Waals surface area contributed by atoms with Gasteiger partial charge < -0.3 is 23.8 Å². The predicted octanol–water partition coefficient (Wildman–Crippen LogP) is 6.04. The van der Waals surface area contributed by atoms with Crippen LogP contribution < -0.4 is 18.9 Å². The summed E-state index contributed by atoms with van der Waals surface area (Å²) in [4.78, 5) is 13.0. The molecule has 0 N–H and O–H groups in total. The Morgan fingerprint density at radius 3 is 1.97 bits per heavy atom. The number of benzene rings is 3. The molecule has 3 aromatic carbocycles. The van der Waals surface area contributed by atoms with Crippen molar-refractivity contribution in [2.24, 2.45) is 0 Å². The fourth-order valence-corrected chi connectivity index (χ4v) is 4.34. The Kier molecular flexibility index (Phi) is 8.14. The van der Waals surface area contributed by atoms with Crippen LogP contribution in [0.5, 0.6) is 23.0 Å². The van der Waals surface area contributed by atoms with Crippen molar-refractivity contribution in [1.82, 2.24) is 4.90 Å². The molecule has 1 aliphatic heterocycles. The Morgan fingerprint density at radius 2 is 1.47 bits per heavy atom. The Hall–Kier alpha value is -4.14. The predicted molar refractivity (Wildman–Crippen MR) is 136 cm³/mol. The molecule has 1 aliphatic rings. The van der Waals surface area contributed by atoms with Crippen molar-refractivity contribution < 1.29 is 36.9 Å². The molecule has 0 unspecified atom stereocenters. The number of methoxy groups -OCH3 is 2. The van der Waals surface area contributed by atoms with E-state index in [1.54, 1.807) is 38.5 Å². The third-order valence-electron chi connectivity index (χ3n) is 6.30. The minimum absolute atomic E-state index is 0.109. The maximum absolute atomic E-state index is 13.3. The third kappa shape index (κ3) is 6.04. The van der Waals surface area contributed by atoms with Crippen molar-refractivity contribution in [1.29, 1.82) is 0 Å². The first-order valence-corrected chi connectivity index (χ1v) is 11.9. The number of fused-ring (bicyclic) bond motifs is 1. The van der Waals surface area contributed by atoms with Crippen LogP contribution >= 0.6 is 0 Å². The van der Waals surface area contributed by atoms with Gasteiger partial charge in [0, 0.05) is 18.2 Å². The van der Waals surface area contributed by atoms with Crippen molar-refractivity contribution in [2.75, 3.05) is 20.8 Å². The van der Waals surface area contributed by atoms with E-state index in [1.807, 2.05) is 36.4 Å². The zero-order valence-corrected chi connectivity index (χ0v) is 21.1. The molecular weight excluding hydrogens is 499 g/mol. The smallest absolute Gasteiger partial charge is 0.471 e. The summed E-state index contributed by atoms with van der Waals surface area (Å²) in [6.07, 6.45) is -3.45. The highest BCUT2D eigenvalue weighted by Crippen LogP contribution is 2.42. The normalized spacial score (nSPS) is 14.9. The molecule has 0 aromatic heterocycles. The number of carbonyl (C=O) groups excluding carboxylic acids is 1. The van der Waals surface area contributed by atoms with Gasteiger partial charge in [-0.25, -0.2) is 0 Å². The van der Waals surface area contributed by atoms with Crippen LogP contribution in [-0.4, -0.2) is 37.7 Å². The van der Waals surface area contributed by atoms with E-state index in [-0.39, 0.29) is 26.2 Å². The highest BCUT2D eigenvalue weighted by Gasteiger charge is 2.46. The molecule has 200 valence electrons. The Bertz CT molecular complexity index is 1270. The lowest BCUT2D eigenvalue weighted by molar-refractivity contribution is -0.187. The molecule has 0 aliphatic carbocycles. The molecule has 3 aromatic rings. The summed E-state index contributed by atoms with van der Waals surface area (Å²) in [6.45, 7) is 4.02. The van der Waals surface area contributed by atoms with Gasteiger partial charge in [0.1, 0.15) is 36.2 Å². The molecule has 38 heavy (non-hydrogen) atoms. The van der Waals surface area contributed by atoms with Gasteiger partial charge in [-0.05, 0) is 53.4 Å². The summed E-state index contributed by atoms with van der Waals surface area (Å²) in [7, 11) is 3.16. The summed E-state index contributed by atoms with van der Waals surface area (Å²) in [6, 6.07) is 17.1. The second-order valence-corrected chi connectivity index (χ2v) is 8.69. The highest BCUT2D eigenvalue weighted by molar-refractivity contribution is 5.83. The van der Waals surface area contributed by atoms with Crippen LogP contribution in [0.15, 0.2) is 73.3 Å². The van der Waals surface area contributed by atoms with Crippen LogP contribution in [0, 0.1) is 0 Å². The van der Waals surface area contributed by atoms with E-state index in [4.69, 9.17) is 18.9 Å². The van der Waals surface area contributed by atoms with Crippen molar-refractivity contribution in [2.45, 2.75) is 31.9 Å². The van der Waals surface area contributed by atoms with Gasteiger partial charge in [-0.1, -0.05) is 30.3 Å². The van der Waals surface area contributed by atoms with E-state index in [9.17, 15) is 18.0 Å². The van der Waals surface area contributed by atoms with E-state index in [2.05, 4.69) is 6.58 Å². The van der Waals surface area contributed by atoms with Crippen LogP contribution in [0.4, 0.5) is 13.2 Å². The molecule has 6 nitrogen and oxygen atoms in total. The molecule has 4 rings (SSSR count). The number of nitrogens with zero attached hydrogens (tertiary/aromatic N) is 1. The Labute approximate surface area is 219 Å². The van der Waals surface area contributed by atoms with Crippen molar-refractivity contribution in [3.05, 3.63) is 95.6 Å². The van der Waals surface area contributed by atoms with E-state index >= 15 is 0 Å². The van der Waals surface area contributed by atoms with Crippen LogP contribution in [0.3, 0.4) is 0 Å². The highest BCUT2D eigenvalue weighted by atomic mass is 19.4. The van der Waals surface area contributed by atoms with Crippen molar-refractivity contribution in [3.63, 3.8) is 0 Å². The van der Waals surface area contributed by atoms with E-state index in [1.165, 1.54) is 6.08 Å². The molecule has 1 amide bonds. The third-order valence-corrected chi connectivity index (χ3v) is 6.30. The number of hydrogen-bond acceptors (Lipinski definition) is 5. The second kappa shape index (κ2) is 11.5. The zero-order chi connectivity index (χ0) is 27.3. The number of carbonyl (C=O) groups is 1. The molecule has 1 atom stereocenters. The molecular formula is C29H28F3NO5. The Morgan fingerprint density at radius 1 is 0.921 bits per heavy atom. The minimum Gasteiger partial charge on any atom is -0.497 e. The summed E-state index contributed by atoms with van der Waals surface area (Å²) < 4.78 is 62.5. The first kappa shape index (κ1) is 26.9. The summed E-state index contributed by atoms with van der Waals surface area (Å²) in [5, 5.41) is 0. The molecule has 0 spiro atoms. The topological polar surface area (TPSA) is 57.2 Å². The first-order chi connectivity index (χ1) is 18.2. The average Bonchev–Trinajstić information content (AvgIpc) is 2.93. The minimum atomic E-state index is -5.00. The molecule has 0 saturated carbocycles. The van der Waals surface area contributed by atoms with Gasteiger partial charge >= 0.3 is 12.1 Å². The fraction of sp³-hybridized carbons (Fsp3) is 0.276. The molecule has 9 heteroatoms. The van der Waals surface area contributed by atoms with Gasteiger partial charge in [0.05, 0.1) is 20.3 Å². The maximum Gasteiger partial charge on any atom is 0.471 e. The number of rotatable bonds is 9. The number of alkyl halides is 3. The molecule has 0 radical (unpaired) electrons. The average molecular weight is 528 g/mol. The lowest BCUT2D eigenvalue weighted by Gasteiger charge is -2.37. The second-order valence-electron chi connectivity index (χ2n) is 8.69. The summed E-state index contributed by atoms with van der Waals surface area (Å²) in [5.41, 5.74) is 2.95. The quantitative estimate of drug-likeness (QED) is 0.318. The lowest BCUT2D eigenvalue weighted by atomic mass is 9.91. The zero-order valence-electron chi connectivity index (χ0n) is 21.1. The molecule has 0 saturated heterocycles. The number of ether oxygens (including phenoxy) is 4. The summed E-state index contributed by atoms with van der Waals surface area (Å²) in [5.74, 6) is 0.336. The van der Waals surface area contributed by atoms with Crippen LogP contribution in [0.1, 0.15) is 28.3 Å². The van der Waals surface area contributed by atoms with E-state index in [0.29, 0.717) is 22.8 Å². The molecule has 0 fully saturated rings. The standard InChI is InChI=1S/C29H28F3NO5/c1-4-25-27-21(13-14-33(25)28(34)29(30,31)32)15-24(37-17-19-5-9-22(35-2)10-6-19)16-26(27)38-18-20-7-11-23(36-3)12-8-20/h4-12,15-16,25H,1,13-14,17-18H2,2-3H3/t25-/m1/s1. The van der Waals surface area contributed by atoms with E-state index < -0.39 is 18.1 Å². The number of halogens is 3. The van der Waals surface area contributed by atoms with Gasteiger partial charge in [-0.2, -0.15) is 13.2 Å². The number of amides is 1. The van der Waals surface area contributed by atoms with Crippen molar-refractivity contribution >= 4 is 5.91 Å². The fourth-order valence-electron chi connectivity index (χ4n) is 4.34. The lowest BCUT2D eigenvalue weighted by Crippen LogP contribution is -2.46. The van der Waals surface area contributed by atoms with Crippen LogP contribution in [0.25, 0.3) is 0 Å².